The Labute approximate surface area is 106 Å². The van der Waals surface area contributed by atoms with Crippen LogP contribution in [0, 0.1) is 0 Å². The van der Waals surface area contributed by atoms with Gasteiger partial charge in [0.1, 0.15) is 6.61 Å². The first-order valence-electron chi connectivity index (χ1n) is 6.10. The second-order valence-corrected chi connectivity index (χ2v) is 3.98. The number of aromatic nitrogens is 3. The molecule has 104 valence electrons. The summed E-state index contributed by atoms with van der Waals surface area (Å²) in [7, 11) is 1.82. The lowest BCUT2D eigenvalue weighted by Gasteiger charge is -2.17. The van der Waals surface area contributed by atoms with Crippen molar-refractivity contribution in [2.24, 2.45) is 0 Å². The van der Waals surface area contributed by atoms with Gasteiger partial charge in [0.05, 0.1) is 17.9 Å². The molecule has 0 radical (unpaired) electrons. The Bertz CT molecular complexity index is 333. The van der Waals surface area contributed by atoms with Crippen LogP contribution in [-0.4, -0.2) is 41.7 Å². The van der Waals surface area contributed by atoms with Crippen LogP contribution in [0.25, 0.3) is 0 Å². The number of hydrogen-bond acceptors (Lipinski definition) is 4. The molecular formula is C11H20F2N4O. The highest BCUT2D eigenvalue weighted by Crippen LogP contribution is 2.15. The summed E-state index contributed by atoms with van der Waals surface area (Å²) in [6.45, 7) is 2.63. The molecule has 1 unspecified atom stereocenters. The first-order valence-corrected chi connectivity index (χ1v) is 6.10. The van der Waals surface area contributed by atoms with Crippen molar-refractivity contribution in [1.29, 1.82) is 0 Å². The molecule has 0 amide bonds. The van der Waals surface area contributed by atoms with Crippen molar-refractivity contribution in [1.82, 2.24) is 20.3 Å². The molecule has 0 aliphatic carbocycles. The molecule has 0 saturated carbocycles. The molecule has 0 fully saturated rings. The average Bonchev–Trinajstić information content (AvgIpc) is 2.78. The van der Waals surface area contributed by atoms with Crippen molar-refractivity contribution < 1.29 is 13.5 Å². The molecule has 1 aromatic heterocycles. The van der Waals surface area contributed by atoms with Crippen molar-refractivity contribution in [2.75, 3.05) is 20.3 Å². The molecule has 0 saturated heterocycles. The Hall–Kier alpha value is -1.08. The monoisotopic (exact) mass is 262 g/mol. The average molecular weight is 262 g/mol. The Morgan fingerprint density at radius 2 is 2.28 bits per heavy atom. The molecular weight excluding hydrogens is 242 g/mol. The number of alkyl halides is 2. The lowest BCUT2D eigenvalue weighted by molar-refractivity contribution is 0.0143. The molecule has 1 atom stereocenters. The van der Waals surface area contributed by atoms with E-state index >= 15 is 0 Å². The third kappa shape index (κ3) is 4.66. The van der Waals surface area contributed by atoms with Gasteiger partial charge in [-0.1, -0.05) is 12.1 Å². The first kappa shape index (κ1) is 15.0. The van der Waals surface area contributed by atoms with Crippen LogP contribution in [0.15, 0.2) is 6.20 Å². The van der Waals surface area contributed by atoms with Crippen LogP contribution < -0.4 is 5.32 Å². The van der Waals surface area contributed by atoms with Crippen LogP contribution >= 0.6 is 0 Å². The second kappa shape index (κ2) is 8.10. The number of nitrogens with zero attached hydrogens (tertiary/aromatic N) is 3. The van der Waals surface area contributed by atoms with Crippen molar-refractivity contribution >= 4 is 0 Å². The molecule has 5 nitrogen and oxygen atoms in total. The maximum absolute atomic E-state index is 11.9. The van der Waals surface area contributed by atoms with E-state index in [1.54, 1.807) is 6.20 Å². The minimum atomic E-state index is -2.41. The third-order valence-electron chi connectivity index (χ3n) is 2.58. The number of aryl methyl sites for hydroxylation is 1. The van der Waals surface area contributed by atoms with Crippen molar-refractivity contribution in [2.45, 2.75) is 38.8 Å². The molecule has 1 N–H and O–H groups in total. The summed E-state index contributed by atoms with van der Waals surface area (Å²) in [6.07, 6.45) is 0.865. The summed E-state index contributed by atoms with van der Waals surface area (Å²) in [5.74, 6) is 0. The maximum atomic E-state index is 11.9. The van der Waals surface area contributed by atoms with Gasteiger partial charge in [-0.3, -0.25) is 0 Å². The van der Waals surface area contributed by atoms with Gasteiger partial charge in [-0.2, -0.15) is 0 Å². The molecule has 0 bridgehead atoms. The van der Waals surface area contributed by atoms with E-state index < -0.39 is 13.0 Å². The molecule has 0 aliphatic rings. The number of hydrogen-bond donors (Lipinski definition) is 1. The summed E-state index contributed by atoms with van der Waals surface area (Å²) in [4.78, 5) is 0. The highest BCUT2D eigenvalue weighted by Gasteiger charge is 2.15. The zero-order valence-corrected chi connectivity index (χ0v) is 10.8. The van der Waals surface area contributed by atoms with E-state index in [9.17, 15) is 8.78 Å². The van der Waals surface area contributed by atoms with Gasteiger partial charge in [-0.05, 0) is 19.9 Å². The van der Waals surface area contributed by atoms with Gasteiger partial charge < -0.3 is 10.1 Å². The molecule has 1 rings (SSSR count). The minimum Gasteiger partial charge on any atom is -0.375 e. The summed E-state index contributed by atoms with van der Waals surface area (Å²) in [5.41, 5.74) is 0.958. The summed E-state index contributed by atoms with van der Waals surface area (Å²) in [5, 5.41) is 11.0. The van der Waals surface area contributed by atoms with Crippen LogP contribution in [0.4, 0.5) is 8.78 Å². The Morgan fingerprint density at radius 3 is 2.89 bits per heavy atom. The largest absolute Gasteiger partial charge is 0.375 e. The first-order chi connectivity index (χ1) is 8.69. The number of rotatable bonds is 9. The predicted molar refractivity (Wildman–Crippen MR) is 63.6 cm³/mol. The van der Waals surface area contributed by atoms with Gasteiger partial charge >= 0.3 is 0 Å². The van der Waals surface area contributed by atoms with Crippen molar-refractivity contribution in [3.63, 3.8) is 0 Å². The molecule has 7 heteroatoms. The Morgan fingerprint density at radius 1 is 1.50 bits per heavy atom. The van der Waals surface area contributed by atoms with Gasteiger partial charge in [0.15, 0.2) is 0 Å². The van der Waals surface area contributed by atoms with Crippen molar-refractivity contribution in [3.8, 4) is 0 Å². The molecule has 1 heterocycles. The Kier molecular flexibility index (Phi) is 6.74. The predicted octanol–water partition coefficient (Wildman–Crippen LogP) is 1.62. The quantitative estimate of drug-likeness (QED) is 0.687. The van der Waals surface area contributed by atoms with Gasteiger partial charge in [-0.25, -0.2) is 13.5 Å². The van der Waals surface area contributed by atoms with Crippen LogP contribution in [-0.2, 0) is 11.3 Å². The zero-order valence-electron chi connectivity index (χ0n) is 10.8. The van der Waals surface area contributed by atoms with Gasteiger partial charge in [-0.15, -0.1) is 5.10 Å². The molecule has 0 spiro atoms. The SMILES string of the molecule is CCCn1nncc1C(CCOCC(F)F)NC. The van der Waals surface area contributed by atoms with Crippen LogP contribution in [0.5, 0.6) is 0 Å². The van der Waals surface area contributed by atoms with Crippen molar-refractivity contribution in [3.05, 3.63) is 11.9 Å². The minimum absolute atomic E-state index is 0.0178. The highest BCUT2D eigenvalue weighted by atomic mass is 19.3. The third-order valence-corrected chi connectivity index (χ3v) is 2.58. The van der Waals surface area contributed by atoms with E-state index in [0.29, 0.717) is 6.42 Å². The zero-order chi connectivity index (χ0) is 13.4. The normalized spacial score (nSPS) is 13.2. The lowest BCUT2D eigenvalue weighted by atomic mass is 10.1. The maximum Gasteiger partial charge on any atom is 0.261 e. The van der Waals surface area contributed by atoms with E-state index in [-0.39, 0.29) is 12.6 Å². The summed E-state index contributed by atoms with van der Waals surface area (Å²) >= 11 is 0. The van der Waals surface area contributed by atoms with Gasteiger partial charge in [0, 0.05) is 13.2 Å². The van der Waals surface area contributed by atoms with Gasteiger partial charge in [0.2, 0.25) is 0 Å². The lowest BCUT2D eigenvalue weighted by Crippen LogP contribution is -2.22. The van der Waals surface area contributed by atoms with Crippen LogP contribution in [0.3, 0.4) is 0 Å². The van der Waals surface area contributed by atoms with E-state index in [2.05, 4.69) is 22.6 Å². The fourth-order valence-electron chi connectivity index (χ4n) is 1.73. The van der Waals surface area contributed by atoms with Crippen LogP contribution in [0.1, 0.15) is 31.5 Å². The number of nitrogens with one attached hydrogen (secondary N) is 1. The second-order valence-electron chi connectivity index (χ2n) is 3.98. The number of halogens is 2. The standard InChI is InChI=1S/C11H20F2N4O/c1-3-5-17-10(7-15-16-17)9(14-2)4-6-18-8-11(12)13/h7,9,11,14H,3-6,8H2,1-2H3. The molecule has 0 aromatic carbocycles. The van der Waals surface area contributed by atoms with E-state index in [4.69, 9.17) is 4.74 Å². The van der Waals surface area contributed by atoms with Gasteiger partial charge in [0.25, 0.3) is 6.43 Å². The fraction of sp³-hybridized carbons (Fsp3) is 0.818. The highest BCUT2D eigenvalue weighted by molar-refractivity contribution is 5.01. The van der Waals surface area contributed by atoms with E-state index in [1.165, 1.54) is 0 Å². The fourth-order valence-corrected chi connectivity index (χ4v) is 1.73. The Balaban J connectivity index is 2.46. The van der Waals surface area contributed by atoms with E-state index in [0.717, 1.165) is 18.7 Å². The molecule has 1 aromatic rings. The topological polar surface area (TPSA) is 52.0 Å². The van der Waals surface area contributed by atoms with E-state index in [1.807, 2.05) is 11.7 Å². The van der Waals surface area contributed by atoms with Crippen LogP contribution in [0.2, 0.25) is 0 Å². The summed E-state index contributed by atoms with van der Waals surface area (Å²) in [6, 6.07) is 0.0178. The number of ether oxygens (including phenoxy) is 1. The molecule has 18 heavy (non-hydrogen) atoms. The smallest absolute Gasteiger partial charge is 0.261 e. The molecule has 0 aliphatic heterocycles. The summed E-state index contributed by atoms with van der Waals surface area (Å²) < 4.78 is 30.5.